The summed E-state index contributed by atoms with van der Waals surface area (Å²) in [6.45, 7) is 10.0. The molecule has 0 saturated carbocycles. The number of aliphatic hydroxyl groups is 1. The average Bonchev–Trinajstić information content (AvgIpc) is 2.97. The number of aldehydes is 1. The molecule has 0 spiro atoms. The average molecular weight is 539 g/mol. The molecule has 41 heavy (non-hydrogen) atoms. The number of aryl methyl sites for hydroxylation is 4. The molecule has 6 rings (SSSR count). The van der Waals surface area contributed by atoms with E-state index < -0.39 is 6.10 Å². The molecule has 0 radical (unpaired) electrons. The molecule has 0 saturated heterocycles. The maximum absolute atomic E-state index is 11.4. The van der Waals surface area contributed by atoms with E-state index in [4.69, 9.17) is 9.97 Å². The number of para-hydroxylation sites is 2. The van der Waals surface area contributed by atoms with Gasteiger partial charge in [0, 0.05) is 33.0 Å². The topological polar surface area (TPSA) is 63.1 Å². The minimum Gasteiger partial charge on any atom is -0.389 e. The van der Waals surface area contributed by atoms with Crippen LogP contribution in [-0.2, 0) is 0 Å². The summed E-state index contributed by atoms with van der Waals surface area (Å²) in [5.74, 6) is 0. The predicted molar refractivity (Wildman–Crippen MR) is 169 cm³/mol. The fourth-order valence-corrected chi connectivity index (χ4v) is 5.24. The van der Waals surface area contributed by atoms with Gasteiger partial charge in [0.2, 0.25) is 0 Å². The van der Waals surface area contributed by atoms with Crippen LogP contribution in [0.3, 0.4) is 0 Å². The first-order valence-electron chi connectivity index (χ1n) is 13.8. The minimum atomic E-state index is -0.544. The Balaban J connectivity index is 0.000000165. The number of hydrogen-bond donors (Lipinski definition) is 1. The Kier molecular flexibility index (Phi) is 8.04. The Labute approximate surface area is 241 Å². The largest absolute Gasteiger partial charge is 0.389 e. The number of hydrogen-bond acceptors (Lipinski definition) is 4. The molecule has 1 N–H and O–H groups in total. The van der Waals surface area contributed by atoms with E-state index in [2.05, 4.69) is 38.1 Å². The van der Waals surface area contributed by atoms with Crippen molar-refractivity contribution in [3.05, 3.63) is 130 Å². The number of fused-ring (bicyclic) bond motifs is 2. The highest BCUT2D eigenvalue weighted by molar-refractivity contribution is 5.95. The van der Waals surface area contributed by atoms with Crippen LogP contribution in [0.5, 0.6) is 0 Å². The van der Waals surface area contributed by atoms with Gasteiger partial charge in [0.25, 0.3) is 0 Å². The number of carbonyl (C=O) groups is 1. The van der Waals surface area contributed by atoms with Gasteiger partial charge in [0.15, 0.2) is 6.29 Å². The molecule has 2 aromatic heterocycles. The highest BCUT2D eigenvalue weighted by Gasteiger charge is 2.15. The van der Waals surface area contributed by atoms with E-state index >= 15 is 0 Å². The normalized spacial score (nSPS) is 11.7. The maximum atomic E-state index is 11.4. The summed E-state index contributed by atoms with van der Waals surface area (Å²) in [6, 6.07) is 32.3. The van der Waals surface area contributed by atoms with Gasteiger partial charge in [-0.1, -0.05) is 84.9 Å². The van der Waals surface area contributed by atoms with E-state index in [0.717, 1.165) is 72.9 Å². The molecule has 4 aromatic carbocycles. The molecule has 4 heteroatoms. The molecule has 0 aliphatic rings. The summed E-state index contributed by atoms with van der Waals surface area (Å²) >= 11 is 0. The fraction of sp³-hybridized carbons (Fsp3) is 0.162. The molecule has 0 amide bonds. The van der Waals surface area contributed by atoms with Crippen molar-refractivity contribution >= 4 is 28.1 Å². The van der Waals surface area contributed by atoms with Gasteiger partial charge >= 0.3 is 0 Å². The zero-order valence-corrected chi connectivity index (χ0v) is 24.1. The Morgan fingerprint density at radius 3 is 1.59 bits per heavy atom. The first-order valence-corrected chi connectivity index (χ1v) is 13.8. The molecule has 204 valence electrons. The zero-order valence-electron chi connectivity index (χ0n) is 24.1. The summed E-state index contributed by atoms with van der Waals surface area (Å²) < 4.78 is 0. The van der Waals surface area contributed by atoms with Gasteiger partial charge in [-0.05, 0) is 69.0 Å². The van der Waals surface area contributed by atoms with E-state index in [1.165, 1.54) is 5.56 Å². The summed E-state index contributed by atoms with van der Waals surface area (Å²) in [5.41, 5.74) is 11.8. The SMILES string of the molecule is Cc1ccccc1-c1nc2c(C)cccc2cc1C(C)O.Cc1ccccc1-c1nc2c(C)cccc2cc1C=O. The van der Waals surface area contributed by atoms with Crippen molar-refractivity contribution in [1.82, 2.24) is 9.97 Å². The standard InChI is InChI=1S/C19H19NO.C18H15NO/c1-12-7-4-5-10-16(12)19-17(14(3)21)11-15-9-6-8-13(2)18(15)20-19;1-12-6-3-4-9-16(12)18-15(11-20)10-14-8-5-7-13(2)17(14)19-18/h4-11,14,21H,1-3H3;3-11H,1-2H3. The number of pyridine rings is 2. The van der Waals surface area contributed by atoms with Crippen LogP contribution >= 0.6 is 0 Å². The molecule has 0 aliphatic heterocycles. The summed E-state index contributed by atoms with van der Waals surface area (Å²) in [6.07, 6.45) is 0.341. The van der Waals surface area contributed by atoms with E-state index in [-0.39, 0.29) is 0 Å². The fourth-order valence-electron chi connectivity index (χ4n) is 5.24. The second-order valence-electron chi connectivity index (χ2n) is 10.6. The molecule has 0 bridgehead atoms. The first kappa shape index (κ1) is 27.9. The van der Waals surface area contributed by atoms with Crippen LogP contribution in [-0.4, -0.2) is 21.4 Å². The van der Waals surface area contributed by atoms with E-state index in [1.54, 1.807) is 6.92 Å². The molecule has 1 unspecified atom stereocenters. The number of rotatable bonds is 4. The van der Waals surface area contributed by atoms with Gasteiger partial charge in [-0.25, -0.2) is 9.97 Å². The van der Waals surface area contributed by atoms with Crippen molar-refractivity contribution in [2.45, 2.75) is 40.7 Å². The van der Waals surface area contributed by atoms with Gasteiger partial charge in [-0.3, -0.25) is 4.79 Å². The van der Waals surface area contributed by atoms with Gasteiger partial charge < -0.3 is 5.11 Å². The lowest BCUT2D eigenvalue weighted by molar-refractivity contribution is 0.112. The van der Waals surface area contributed by atoms with E-state index in [9.17, 15) is 9.90 Å². The predicted octanol–water partition coefficient (Wildman–Crippen LogP) is 8.90. The van der Waals surface area contributed by atoms with Gasteiger partial charge in [-0.2, -0.15) is 0 Å². The lowest BCUT2D eigenvalue weighted by atomic mass is 9.96. The number of benzene rings is 4. The van der Waals surface area contributed by atoms with Crippen molar-refractivity contribution in [2.75, 3.05) is 0 Å². The Morgan fingerprint density at radius 2 is 1.07 bits per heavy atom. The second-order valence-corrected chi connectivity index (χ2v) is 10.6. The maximum Gasteiger partial charge on any atom is 0.152 e. The quantitative estimate of drug-likeness (QED) is 0.228. The first-order chi connectivity index (χ1) is 19.8. The molecule has 0 fully saturated rings. The summed E-state index contributed by atoms with van der Waals surface area (Å²) in [4.78, 5) is 21.0. The van der Waals surface area contributed by atoms with Crippen LogP contribution in [0, 0.1) is 27.7 Å². The van der Waals surface area contributed by atoms with Crippen LogP contribution in [0.2, 0.25) is 0 Å². The van der Waals surface area contributed by atoms with Gasteiger partial charge in [-0.15, -0.1) is 0 Å². The third kappa shape index (κ3) is 5.65. The van der Waals surface area contributed by atoms with Crippen molar-refractivity contribution in [2.24, 2.45) is 0 Å². The van der Waals surface area contributed by atoms with Gasteiger partial charge in [0.1, 0.15) is 0 Å². The number of nitrogens with zero attached hydrogens (tertiary/aromatic N) is 2. The van der Waals surface area contributed by atoms with Gasteiger partial charge in [0.05, 0.1) is 28.5 Å². The summed E-state index contributed by atoms with van der Waals surface area (Å²) in [5, 5.41) is 12.2. The molecular weight excluding hydrogens is 504 g/mol. The zero-order chi connectivity index (χ0) is 29.1. The van der Waals surface area contributed by atoms with Crippen molar-refractivity contribution in [1.29, 1.82) is 0 Å². The van der Waals surface area contributed by atoms with Crippen LogP contribution in [0.1, 0.15) is 51.2 Å². The molecule has 6 aromatic rings. The molecule has 2 heterocycles. The monoisotopic (exact) mass is 538 g/mol. The van der Waals surface area contributed by atoms with Crippen LogP contribution in [0.4, 0.5) is 0 Å². The smallest absolute Gasteiger partial charge is 0.152 e. The van der Waals surface area contributed by atoms with Crippen LogP contribution in [0.25, 0.3) is 44.3 Å². The van der Waals surface area contributed by atoms with E-state index in [0.29, 0.717) is 5.56 Å². The lowest BCUT2D eigenvalue weighted by Gasteiger charge is -2.15. The van der Waals surface area contributed by atoms with E-state index in [1.807, 2.05) is 86.6 Å². The Morgan fingerprint density at radius 1 is 0.610 bits per heavy atom. The summed E-state index contributed by atoms with van der Waals surface area (Å²) in [7, 11) is 0. The van der Waals surface area contributed by atoms with Crippen molar-refractivity contribution in [3.63, 3.8) is 0 Å². The van der Waals surface area contributed by atoms with Crippen molar-refractivity contribution in [3.8, 4) is 22.5 Å². The third-order valence-corrected chi connectivity index (χ3v) is 7.53. The number of aromatic nitrogens is 2. The third-order valence-electron chi connectivity index (χ3n) is 7.53. The number of aliphatic hydroxyl groups excluding tert-OH is 1. The molecule has 4 nitrogen and oxygen atoms in total. The Bertz CT molecular complexity index is 1890. The molecular formula is C37H34N2O2. The van der Waals surface area contributed by atoms with Crippen molar-refractivity contribution < 1.29 is 9.90 Å². The second kappa shape index (κ2) is 11.8. The molecule has 1 atom stereocenters. The highest BCUT2D eigenvalue weighted by Crippen LogP contribution is 2.32. The van der Waals surface area contributed by atoms with Crippen LogP contribution < -0.4 is 0 Å². The molecule has 0 aliphatic carbocycles. The number of carbonyl (C=O) groups excluding carboxylic acids is 1. The minimum absolute atomic E-state index is 0.544. The lowest BCUT2D eigenvalue weighted by Crippen LogP contribution is -2.00. The Hall–Kier alpha value is -4.67. The van der Waals surface area contributed by atoms with Crippen LogP contribution in [0.15, 0.2) is 97.1 Å². The highest BCUT2D eigenvalue weighted by atomic mass is 16.3.